The Morgan fingerprint density at radius 3 is 2.10 bits per heavy atom. The molecule has 0 aliphatic heterocycles. The molecule has 110 valence electrons. The van der Waals surface area contributed by atoms with E-state index in [9.17, 15) is 5.11 Å². The van der Waals surface area contributed by atoms with Crippen molar-refractivity contribution >= 4 is 0 Å². The second kappa shape index (κ2) is 5.87. The Bertz CT molecular complexity index is 423. The molecule has 0 bridgehead atoms. The standard InChI is InChI=1S/C18H27NO/c19-13-18(11-15-9-5-6-10-16(15)12-18)17(20)14-7-3-1-2-4-8-14/h5-6,9-10,14,17,20H,1-4,7-8,11-13,19H2. The van der Waals surface area contributed by atoms with Gasteiger partial charge in [0.25, 0.3) is 0 Å². The quantitative estimate of drug-likeness (QED) is 0.831. The minimum Gasteiger partial charge on any atom is -0.392 e. The average molecular weight is 273 g/mol. The molecule has 1 atom stereocenters. The lowest BCUT2D eigenvalue weighted by Crippen LogP contribution is -2.46. The minimum absolute atomic E-state index is 0.112. The van der Waals surface area contributed by atoms with Gasteiger partial charge in [-0.2, -0.15) is 0 Å². The Balaban J connectivity index is 1.80. The average Bonchev–Trinajstić information content (AvgIpc) is 2.66. The van der Waals surface area contributed by atoms with Gasteiger partial charge in [-0.3, -0.25) is 0 Å². The Morgan fingerprint density at radius 1 is 1.05 bits per heavy atom. The van der Waals surface area contributed by atoms with Gasteiger partial charge in [-0.15, -0.1) is 0 Å². The molecule has 1 aromatic carbocycles. The smallest absolute Gasteiger partial charge is 0.0643 e. The van der Waals surface area contributed by atoms with Crippen LogP contribution in [0.25, 0.3) is 0 Å². The maximum absolute atomic E-state index is 11.0. The summed E-state index contributed by atoms with van der Waals surface area (Å²) >= 11 is 0. The first-order valence-corrected chi connectivity index (χ1v) is 8.20. The van der Waals surface area contributed by atoms with Gasteiger partial charge in [0.05, 0.1) is 6.10 Å². The Labute approximate surface area is 122 Å². The highest BCUT2D eigenvalue weighted by Gasteiger charge is 2.44. The fourth-order valence-corrected chi connectivity index (χ4v) is 4.32. The van der Waals surface area contributed by atoms with E-state index in [1.165, 1.54) is 49.7 Å². The van der Waals surface area contributed by atoms with Crippen molar-refractivity contribution in [2.24, 2.45) is 17.1 Å². The van der Waals surface area contributed by atoms with Gasteiger partial charge in [0.15, 0.2) is 0 Å². The Kier molecular flexibility index (Phi) is 4.13. The van der Waals surface area contributed by atoms with Gasteiger partial charge in [0.2, 0.25) is 0 Å². The van der Waals surface area contributed by atoms with Crippen molar-refractivity contribution in [2.75, 3.05) is 6.54 Å². The van der Waals surface area contributed by atoms with Crippen molar-refractivity contribution in [3.63, 3.8) is 0 Å². The highest BCUT2D eigenvalue weighted by atomic mass is 16.3. The molecule has 3 N–H and O–H groups in total. The first-order valence-electron chi connectivity index (χ1n) is 8.20. The minimum atomic E-state index is -0.238. The molecule has 0 spiro atoms. The molecule has 0 aromatic heterocycles. The molecule has 0 radical (unpaired) electrons. The van der Waals surface area contributed by atoms with E-state index in [-0.39, 0.29) is 11.5 Å². The van der Waals surface area contributed by atoms with Crippen LogP contribution in [0.2, 0.25) is 0 Å². The summed E-state index contributed by atoms with van der Waals surface area (Å²) in [6.07, 6.45) is 9.24. The second-order valence-corrected chi connectivity index (χ2v) is 6.89. The molecule has 1 aromatic rings. The van der Waals surface area contributed by atoms with Gasteiger partial charge in [-0.05, 0) is 42.7 Å². The van der Waals surface area contributed by atoms with Crippen LogP contribution in [0, 0.1) is 11.3 Å². The van der Waals surface area contributed by atoms with Gasteiger partial charge < -0.3 is 10.8 Å². The monoisotopic (exact) mass is 273 g/mol. The number of hydrogen-bond acceptors (Lipinski definition) is 2. The summed E-state index contributed by atoms with van der Waals surface area (Å²) in [4.78, 5) is 0. The van der Waals surface area contributed by atoms with Crippen LogP contribution in [-0.4, -0.2) is 17.8 Å². The Morgan fingerprint density at radius 2 is 1.60 bits per heavy atom. The molecule has 0 saturated heterocycles. The summed E-state index contributed by atoms with van der Waals surface area (Å²) in [5.41, 5.74) is 8.81. The van der Waals surface area contributed by atoms with E-state index in [1.807, 2.05) is 0 Å². The SMILES string of the molecule is NCC1(C(O)C2CCCCCC2)Cc2ccccc2C1. The molecule has 1 fully saturated rings. The molecule has 3 rings (SSSR count). The molecular weight excluding hydrogens is 246 g/mol. The Hall–Kier alpha value is -0.860. The number of nitrogens with two attached hydrogens (primary N) is 1. The molecule has 1 saturated carbocycles. The predicted molar refractivity (Wildman–Crippen MR) is 82.5 cm³/mol. The van der Waals surface area contributed by atoms with Crippen molar-refractivity contribution in [1.29, 1.82) is 0 Å². The number of aliphatic hydroxyl groups excluding tert-OH is 1. The van der Waals surface area contributed by atoms with Gasteiger partial charge in [0, 0.05) is 12.0 Å². The van der Waals surface area contributed by atoms with Crippen molar-refractivity contribution in [3.8, 4) is 0 Å². The number of rotatable bonds is 3. The molecule has 0 heterocycles. The molecule has 1 unspecified atom stereocenters. The van der Waals surface area contributed by atoms with Gasteiger partial charge in [-0.25, -0.2) is 0 Å². The lowest BCUT2D eigenvalue weighted by atomic mass is 9.72. The van der Waals surface area contributed by atoms with Crippen molar-refractivity contribution in [3.05, 3.63) is 35.4 Å². The van der Waals surface area contributed by atoms with E-state index in [0.717, 1.165) is 12.8 Å². The third-order valence-corrected chi connectivity index (χ3v) is 5.58. The van der Waals surface area contributed by atoms with Crippen LogP contribution in [0.15, 0.2) is 24.3 Å². The third-order valence-electron chi connectivity index (χ3n) is 5.58. The zero-order valence-corrected chi connectivity index (χ0v) is 12.4. The summed E-state index contributed by atoms with van der Waals surface area (Å²) in [5.74, 6) is 0.454. The van der Waals surface area contributed by atoms with Crippen LogP contribution < -0.4 is 5.73 Å². The highest BCUT2D eigenvalue weighted by molar-refractivity contribution is 5.35. The number of fused-ring (bicyclic) bond motifs is 1. The number of benzene rings is 1. The van der Waals surface area contributed by atoms with E-state index in [1.54, 1.807) is 0 Å². The fraction of sp³-hybridized carbons (Fsp3) is 0.667. The molecule has 2 aliphatic carbocycles. The molecular formula is C18H27NO. The first-order chi connectivity index (χ1) is 9.75. The molecule has 2 heteroatoms. The molecule has 20 heavy (non-hydrogen) atoms. The third kappa shape index (κ3) is 2.51. The van der Waals surface area contributed by atoms with Crippen LogP contribution in [0.3, 0.4) is 0 Å². The first kappa shape index (κ1) is 14.1. The topological polar surface area (TPSA) is 46.2 Å². The van der Waals surface area contributed by atoms with Crippen LogP contribution in [-0.2, 0) is 12.8 Å². The van der Waals surface area contributed by atoms with E-state index in [2.05, 4.69) is 24.3 Å². The van der Waals surface area contributed by atoms with Crippen LogP contribution in [0.4, 0.5) is 0 Å². The number of hydrogen-bond donors (Lipinski definition) is 2. The van der Waals surface area contributed by atoms with Gasteiger partial charge >= 0.3 is 0 Å². The van der Waals surface area contributed by atoms with Crippen molar-refractivity contribution in [2.45, 2.75) is 57.5 Å². The van der Waals surface area contributed by atoms with Crippen molar-refractivity contribution in [1.82, 2.24) is 0 Å². The predicted octanol–water partition coefficient (Wildman–Crippen LogP) is 3.06. The summed E-state index contributed by atoms with van der Waals surface area (Å²) in [6, 6.07) is 8.60. The second-order valence-electron chi connectivity index (χ2n) is 6.89. The molecule has 2 aliphatic rings. The molecule has 2 nitrogen and oxygen atoms in total. The van der Waals surface area contributed by atoms with E-state index in [4.69, 9.17) is 5.73 Å². The van der Waals surface area contributed by atoms with E-state index < -0.39 is 0 Å². The van der Waals surface area contributed by atoms with E-state index >= 15 is 0 Å². The zero-order chi connectivity index (χ0) is 14.0. The summed E-state index contributed by atoms with van der Waals surface area (Å²) in [5, 5.41) is 11.0. The lowest BCUT2D eigenvalue weighted by Gasteiger charge is -2.38. The lowest BCUT2D eigenvalue weighted by molar-refractivity contribution is -0.0146. The number of aliphatic hydroxyl groups is 1. The largest absolute Gasteiger partial charge is 0.392 e. The summed E-state index contributed by atoms with van der Waals surface area (Å²) < 4.78 is 0. The normalized spacial score (nSPS) is 24.1. The van der Waals surface area contributed by atoms with Gasteiger partial charge in [0.1, 0.15) is 0 Å². The van der Waals surface area contributed by atoms with Crippen LogP contribution in [0.5, 0.6) is 0 Å². The van der Waals surface area contributed by atoms with Crippen LogP contribution >= 0.6 is 0 Å². The fourth-order valence-electron chi connectivity index (χ4n) is 4.32. The zero-order valence-electron chi connectivity index (χ0n) is 12.4. The van der Waals surface area contributed by atoms with Gasteiger partial charge in [-0.1, -0.05) is 49.9 Å². The van der Waals surface area contributed by atoms with E-state index in [0.29, 0.717) is 12.5 Å². The maximum atomic E-state index is 11.0. The van der Waals surface area contributed by atoms with Crippen molar-refractivity contribution < 1.29 is 5.11 Å². The van der Waals surface area contributed by atoms with Crippen LogP contribution in [0.1, 0.15) is 49.7 Å². The summed E-state index contributed by atoms with van der Waals surface area (Å²) in [6.45, 7) is 0.597. The highest BCUT2D eigenvalue weighted by Crippen LogP contribution is 2.43. The summed E-state index contributed by atoms with van der Waals surface area (Å²) in [7, 11) is 0. The maximum Gasteiger partial charge on any atom is 0.0643 e. The molecule has 0 amide bonds.